The van der Waals surface area contributed by atoms with Crippen molar-refractivity contribution in [2.24, 2.45) is 0 Å². The SMILES string of the molecule is C1COC(CNN2CCCC2)C1. The minimum Gasteiger partial charge on any atom is -0.377 e. The third kappa shape index (κ3) is 2.19. The van der Waals surface area contributed by atoms with E-state index in [2.05, 4.69) is 10.4 Å². The van der Waals surface area contributed by atoms with Crippen molar-refractivity contribution >= 4 is 0 Å². The number of nitrogens with zero attached hydrogens (tertiary/aromatic N) is 1. The average Bonchev–Trinajstić information content (AvgIpc) is 2.74. The fraction of sp³-hybridized carbons (Fsp3) is 1.00. The lowest BCUT2D eigenvalue weighted by Crippen LogP contribution is -2.40. The fourth-order valence-electron chi connectivity index (χ4n) is 1.91. The highest BCUT2D eigenvalue weighted by Crippen LogP contribution is 2.11. The molecule has 3 nitrogen and oxygen atoms in total. The third-order valence-electron chi connectivity index (χ3n) is 2.67. The van der Waals surface area contributed by atoms with Gasteiger partial charge in [0.05, 0.1) is 6.10 Å². The summed E-state index contributed by atoms with van der Waals surface area (Å²) in [6, 6.07) is 0. The summed E-state index contributed by atoms with van der Waals surface area (Å²) < 4.78 is 5.52. The summed E-state index contributed by atoms with van der Waals surface area (Å²) in [5.74, 6) is 0. The first-order valence-electron chi connectivity index (χ1n) is 5.05. The maximum absolute atomic E-state index is 5.52. The lowest BCUT2D eigenvalue weighted by atomic mass is 10.2. The summed E-state index contributed by atoms with van der Waals surface area (Å²) in [6.45, 7) is 4.41. The molecule has 12 heavy (non-hydrogen) atoms. The Bertz CT molecular complexity index is 112. The van der Waals surface area contributed by atoms with Crippen LogP contribution in [-0.2, 0) is 4.74 Å². The van der Waals surface area contributed by atoms with E-state index in [4.69, 9.17) is 4.74 Å². The second-order valence-electron chi connectivity index (χ2n) is 3.69. The van der Waals surface area contributed by atoms with Crippen molar-refractivity contribution in [1.29, 1.82) is 0 Å². The van der Waals surface area contributed by atoms with Gasteiger partial charge in [0.25, 0.3) is 0 Å². The van der Waals surface area contributed by atoms with E-state index >= 15 is 0 Å². The van der Waals surface area contributed by atoms with Crippen LogP contribution in [-0.4, -0.2) is 37.4 Å². The van der Waals surface area contributed by atoms with Crippen LogP contribution in [0.1, 0.15) is 25.7 Å². The Morgan fingerprint density at radius 3 is 2.75 bits per heavy atom. The molecule has 1 unspecified atom stereocenters. The van der Waals surface area contributed by atoms with Crippen LogP contribution in [0.2, 0.25) is 0 Å². The highest BCUT2D eigenvalue weighted by molar-refractivity contribution is 4.68. The molecule has 0 aromatic heterocycles. The molecule has 0 saturated carbocycles. The van der Waals surface area contributed by atoms with Crippen LogP contribution in [0.3, 0.4) is 0 Å². The molecular formula is C9H18N2O. The lowest BCUT2D eigenvalue weighted by Gasteiger charge is -2.18. The van der Waals surface area contributed by atoms with Gasteiger partial charge in [0.15, 0.2) is 0 Å². The standard InChI is InChI=1S/C9H18N2O/c1-2-6-11(5-1)10-8-9-4-3-7-12-9/h9-10H,1-8H2. The molecule has 2 fully saturated rings. The van der Waals surface area contributed by atoms with Gasteiger partial charge in [0.1, 0.15) is 0 Å². The highest BCUT2D eigenvalue weighted by atomic mass is 16.5. The molecule has 0 aromatic rings. The van der Waals surface area contributed by atoms with Crippen molar-refractivity contribution in [3.8, 4) is 0 Å². The molecule has 2 saturated heterocycles. The van der Waals surface area contributed by atoms with Crippen molar-refractivity contribution in [1.82, 2.24) is 10.4 Å². The summed E-state index contributed by atoms with van der Waals surface area (Å²) in [5.41, 5.74) is 3.43. The molecule has 0 amide bonds. The zero-order valence-corrected chi connectivity index (χ0v) is 7.59. The Hall–Kier alpha value is -0.120. The monoisotopic (exact) mass is 170 g/mol. The fourth-order valence-corrected chi connectivity index (χ4v) is 1.91. The normalized spacial score (nSPS) is 31.5. The topological polar surface area (TPSA) is 24.5 Å². The molecule has 0 aromatic carbocycles. The third-order valence-corrected chi connectivity index (χ3v) is 2.67. The first-order valence-corrected chi connectivity index (χ1v) is 5.05. The first kappa shape index (κ1) is 8.48. The molecular weight excluding hydrogens is 152 g/mol. The Morgan fingerprint density at radius 2 is 2.08 bits per heavy atom. The van der Waals surface area contributed by atoms with Gasteiger partial charge in [0, 0.05) is 26.2 Å². The zero-order chi connectivity index (χ0) is 8.23. The van der Waals surface area contributed by atoms with Crippen LogP contribution >= 0.6 is 0 Å². The van der Waals surface area contributed by atoms with Gasteiger partial charge >= 0.3 is 0 Å². The first-order chi connectivity index (χ1) is 5.95. The number of nitrogens with one attached hydrogen (secondary N) is 1. The van der Waals surface area contributed by atoms with Gasteiger partial charge < -0.3 is 4.74 Å². The zero-order valence-electron chi connectivity index (χ0n) is 7.59. The number of rotatable bonds is 3. The van der Waals surface area contributed by atoms with Crippen LogP contribution in [0, 0.1) is 0 Å². The van der Waals surface area contributed by atoms with Gasteiger partial charge in [-0.2, -0.15) is 0 Å². The largest absolute Gasteiger partial charge is 0.377 e. The van der Waals surface area contributed by atoms with Crippen molar-refractivity contribution in [3.63, 3.8) is 0 Å². The maximum atomic E-state index is 5.52. The molecule has 2 aliphatic rings. The van der Waals surface area contributed by atoms with Crippen molar-refractivity contribution < 1.29 is 4.74 Å². The highest BCUT2D eigenvalue weighted by Gasteiger charge is 2.17. The number of ether oxygens (including phenoxy) is 1. The van der Waals surface area contributed by atoms with E-state index in [1.165, 1.54) is 38.8 Å². The van der Waals surface area contributed by atoms with Crippen LogP contribution in [0.15, 0.2) is 0 Å². The van der Waals surface area contributed by atoms with Crippen LogP contribution in [0.25, 0.3) is 0 Å². The quantitative estimate of drug-likeness (QED) is 0.677. The molecule has 0 aliphatic carbocycles. The second kappa shape index (κ2) is 4.21. The number of hydrogen-bond acceptors (Lipinski definition) is 3. The van der Waals surface area contributed by atoms with Gasteiger partial charge in [-0.05, 0) is 25.7 Å². The predicted molar refractivity (Wildman–Crippen MR) is 47.8 cm³/mol. The molecule has 0 bridgehead atoms. The van der Waals surface area contributed by atoms with Gasteiger partial charge in [-0.1, -0.05) is 0 Å². The Morgan fingerprint density at radius 1 is 1.25 bits per heavy atom. The summed E-state index contributed by atoms with van der Waals surface area (Å²) >= 11 is 0. The second-order valence-corrected chi connectivity index (χ2v) is 3.69. The molecule has 0 spiro atoms. The minimum absolute atomic E-state index is 0.477. The van der Waals surface area contributed by atoms with Crippen LogP contribution in [0.4, 0.5) is 0 Å². The van der Waals surface area contributed by atoms with Crippen LogP contribution in [0.5, 0.6) is 0 Å². The van der Waals surface area contributed by atoms with E-state index in [9.17, 15) is 0 Å². The molecule has 70 valence electrons. The molecule has 2 heterocycles. The van der Waals surface area contributed by atoms with Crippen molar-refractivity contribution in [2.75, 3.05) is 26.2 Å². The van der Waals surface area contributed by atoms with E-state index in [1.54, 1.807) is 0 Å². The van der Waals surface area contributed by atoms with E-state index in [-0.39, 0.29) is 0 Å². The Kier molecular flexibility index (Phi) is 2.98. The Balaban J connectivity index is 1.60. The smallest absolute Gasteiger partial charge is 0.0714 e. The van der Waals surface area contributed by atoms with Gasteiger partial charge in [-0.15, -0.1) is 0 Å². The van der Waals surface area contributed by atoms with Gasteiger partial charge in [-0.3, -0.25) is 5.43 Å². The van der Waals surface area contributed by atoms with Crippen molar-refractivity contribution in [3.05, 3.63) is 0 Å². The summed E-state index contributed by atoms with van der Waals surface area (Å²) in [6.07, 6.45) is 5.65. The minimum atomic E-state index is 0.477. The van der Waals surface area contributed by atoms with E-state index in [0.717, 1.165) is 13.2 Å². The average molecular weight is 170 g/mol. The van der Waals surface area contributed by atoms with Crippen molar-refractivity contribution in [2.45, 2.75) is 31.8 Å². The number of hydrazine groups is 1. The Labute approximate surface area is 74.0 Å². The van der Waals surface area contributed by atoms with E-state index in [0.29, 0.717) is 6.10 Å². The van der Waals surface area contributed by atoms with E-state index in [1.807, 2.05) is 0 Å². The van der Waals surface area contributed by atoms with Gasteiger partial charge in [-0.25, -0.2) is 5.01 Å². The molecule has 2 aliphatic heterocycles. The maximum Gasteiger partial charge on any atom is 0.0714 e. The van der Waals surface area contributed by atoms with Gasteiger partial charge in [0.2, 0.25) is 0 Å². The van der Waals surface area contributed by atoms with Crippen LogP contribution < -0.4 is 5.43 Å². The summed E-state index contributed by atoms with van der Waals surface area (Å²) in [5, 5.41) is 2.32. The van der Waals surface area contributed by atoms with E-state index < -0.39 is 0 Å². The number of hydrogen-bond donors (Lipinski definition) is 1. The summed E-state index contributed by atoms with van der Waals surface area (Å²) in [4.78, 5) is 0. The molecule has 1 N–H and O–H groups in total. The predicted octanol–water partition coefficient (Wildman–Crippen LogP) is 0.766. The summed E-state index contributed by atoms with van der Waals surface area (Å²) in [7, 11) is 0. The lowest BCUT2D eigenvalue weighted by molar-refractivity contribution is 0.0868. The molecule has 1 atom stereocenters. The molecule has 0 radical (unpaired) electrons. The molecule has 2 rings (SSSR count). The molecule has 3 heteroatoms.